The van der Waals surface area contributed by atoms with Gasteiger partial charge in [0.05, 0.1) is 16.3 Å². The van der Waals surface area contributed by atoms with Gasteiger partial charge in [0.1, 0.15) is 0 Å². The third-order valence-electron chi connectivity index (χ3n) is 5.55. The molecule has 0 saturated carbocycles. The molecule has 4 nitrogen and oxygen atoms in total. The number of anilines is 2. The summed E-state index contributed by atoms with van der Waals surface area (Å²) in [6.07, 6.45) is 3.46. The van der Waals surface area contributed by atoms with E-state index in [0.29, 0.717) is 0 Å². The number of para-hydroxylation sites is 2. The number of thiophene rings is 1. The molecule has 1 atom stereocenters. The molecule has 1 N–H and O–H groups in total. The van der Waals surface area contributed by atoms with E-state index >= 15 is 0 Å². The Bertz CT molecular complexity index is 792. The Kier molecular flexibility index (Phi) is 5.00. The fourth-order valence-corrected chi connectivity index (χ4v) is 5.01. The minimum absolute atomic E-state index is 0.0265. The number of aryl methyl sites for hydroxylation is 1. The van der Waals surface area contributed by atoms with E-state index in [1.165, 1.54) is 16.9 Å². The molecule has 1 fully saturated rings. The standard InChI is InChI=1S/C21H27N3OS/c1-15-7-8-19-16(13-15)14-20(26-19)21(25)22-17-5-3-4-6-18(17)24-11-9-23(2)10-12-24/h3-6,14-15H,7-13H2,1-2H3,(H,22,25). The minimum atomic E-state index is 0.0265. The van der Waals surface area contributed by atoms with Gasteiger partial charge < -0.3 is 15.1 Å². The van der Waals surface area contributed by atoms with Gasteiger partial charge in [-0.2, -0.15) is 0 Å². The maximum atomic E-state index is 12.9. The lowest BCUT2D eigenvalue weighted by atomic mass is 9.90. The normalized spacial score (nSPS) is 20.7. The largest absolute Gasteiger partial charge is 0.367 e. The van der Waals surface area contributed by atoms with E-state index < -0.39 is 0 Å². The highest BCUT2D eigenvalue weighted by Gasteiger charge is 2.22. The predicted molar refractivity (Wildman–Crippen MR) is 110 cm³/mol. The third kappa shape index (κ3) is 3.64. The molecule has 4 rings (SSSR count). The van der Waals surface area contributed by atoms with Gasteiger partial charge in [0, 0.05) is 31.1 Å². The Morgan fingerprint density at radius 1 is 1.19 bits per heavy atom. The zero-order valence-corrected chi connectivity index (χ0v) is 16.4. The molecule has 1 saturated heterocycles. The molecule has 1 amide bonds. The minimum Gasteiger partial charge on any atom is -0.367 e. The molecule has 1 aromatic heterocycles. The van der Waals surface area contributed by atoms with Crippen molar-refractivity contribution in [2.45, 2.75) is 26.2 Å². The summed E-state index contributed by atoms with van der Waals surface area (Å²) in [6, 6.07) is 10.3. The number of fused-ring (bicyclic) bond motifs is 1. The van der Waals surface area contributed by atoms with E-state index in [1.807, 2.05) is 12.1 Å². The Balaban J connectivity index is 1.52. The molecule has 0 radical (unpaired) electrons. The van der Waals surface area contributed by atoms with Crippen molar-refractivity contribution in [2.75, 3.05) is 43.4 Å². The van der Waals surface area contributed by atoms with Gasteiger partial charge in [-0.1, -0.05) is 19.1 Å². The van der Waals surface area contributed by atoms with Gasteiger partial charge in [0.15, 0.2) is 0 Å². The van der Waals surface area contributed by atoms with Gasteiger partial charge >= 0.3 is 0 Å². The van der Waals surface area contributed by atoms with Crippen LogP contribution in [0.5, 0.6) is 0 Å². The van der Waals surface area contributed by atoms with Crippen LogP contribution in [0.2, 0.25) is 0 Å². The second-order valence-corrected chi connectivity index (χ2v) is 8.81. The summed E-state index contributed by atoms with van der Waals surface area (Å²) in [5, 5.41) is 3.17. The number of benzene rings is 1. The number of piperazine rings is 1. The van der Waals surface area contributed by atoms with Crippen molar-refractivity contribution < 1.29 is 4.79 Å². The van der Waals surface area contributed by atoms with Crippen LogP contribution in [0.1, 0.15) is 33.5 Å². The monoisotopic (exact) mass is 369 g/mol. The Morgan fingerprint density at radius 3 is 2.77 bits per heavy atom. The van der Waals surface area contributed by atoms with Crippen LogP contribution in [0.25, 0.3) is 0 Å². The lowest BCUT2D eigenvalue weighted by molar-refractivity contribution is 0.103. The van der Waals surface area contributed by atoms with Crippen molar-refractivity contribution in [1.82, 2.24) is 4.90 Å². The molecule has 0 spiro atoms. The van der Waals surface area contributed by atoms with Crippen LogP contribution in [-0.2, 0) is 12.8 Å². The van der Waals surface area contributed by atoms with Crippen LogP contribution in [-0.4, -0.2) is 44.0 Å². The SMILES string of the molecule is CC1CCc2sc(C(=O)Nc3ccccc3N3CCN(C)CC3)cc2C1. The van der Waals surface area contributed by atoms with Crippen molar-refractivity contribution in [3.63, 3.8) is 0 Å². The molecule has 2 aromatic rings. The van der Waals surface area contributed by atoms with E-state index in [4.69, 9.17) is 0 Å². The molecule has 1 aliphatic carbocycles. The highest BCUT2D eigenvalue weighted by atomic mass is 32.1. The predicted octanol–water partition coefficient (Wildman–Crippen LogP) is 3.88. The van der Waals surface area contributed by atoms with E-state index in [0.717, 1.165) is 61.2 Å². The number of nitrogens with one attached hydrogen (secondary N) is 1. The van der Waals surface area contributed by atoms with E-state index in [-0.39, 0.29) is 5.91 Å². The Labute approximate surface area is 159 Å². The molecule has 1 aromatic carbocycles. The lowest BCUT2D eigenvalue weighted by Crippen LogP contribution is -2.44. The van der Waals surface area contributed by atoms with Crippen molar-refractivity contribution in [1.29, 1.82) is 0 Å². The maximum absolute atomic E-state index is 12.9. The average molecular weight is 370 g/mol. The van der Waals surface area contributed by atoms with Crippen molar-refractivity contribution in [2.24, 2.45) is 5.92 Å². The van der Waals surface area contributed by atoms with Gasteiger partial charge in [-0.05, 0) is 56.0 Å². The highest BCUT2D eigenvalue weighted by Crippen LogP contribution is 2.33. The molecule has 2 heterocycles. The van der Waals surface area contributed by atoms with Gasteiger partial charge in [0.25, 0.3) is 5.91 Å². The number of amides is 1. The van der Waals surface area contributed by atoms with Gasteiger partial charge in [-0.25, -0.2) is 0 Å². The van der Waals surface area contributed by atoms with E-state index in [9.17, 15) is 4.79 Å². The molecule has 1 unspecified atom stereocenters. The van der Waals surface area contributed by atoms with E-state index in [2.05, 4.69) is 47.3 Å². The molecule has 0 bridgehead atoms. The summed E-state index contributed by atoms with van der Waals surface area (Å²) in [5.74, 6) is 0.754. The fraction of sp³-hybridized carbons (Fsp3) is 0.476. The van der Waals surface area contributed by atoms with Crippen LogP contribution in [0.15, 0.2) is 30.3 Å². The van der Waals surface area contributed by atoms with Crippen LogP contribution in [0.3, 0.4) is 0 Å². The number of hydrogen-bond acceptors (Lipinski definition) is 4. The first-order valence-electron chi connectivity index (χ1n) is 9.55. The topological polar surface area (TPSA) is 35.6 Å². The Hall–Kier alpha value is -1.85. The number of carbonyl (C=O) groups excluding carboxylic acids is 1. The summed E-state index contributed by atoms with van der Waals surface area (Å²) < 4.78 is 0. The quantitative estimate of drug-likeness (QED) is 0.892. The number of nitrogens with zero attached hydrogens (tertiary/aromatic N) is 2. The van der Waals surface area contributed by atoms with Crippen molar-refractivity contribution in [3.05, 3.63) is 45.6 Å². The first-order valence-corrected chi connectivity index (χ1v) is 10.4. The maximum Gasteiger partial charge on any atom is 0.265 e. The first kappa shape index (κ1) is 17.6. The van der Waals surface area contributed by atoms with Crippen LogP contribution in [0, 0.1) is 5.92 Å². The summed E-state index contributed by atoms with van der Waals surface area (Å²) >= 11 is 1.67. The fourth-order valence-electron chi connectivity index (χ4n) is 3.90. The summed E-state index contributed by atoms with van der Waals surface area (Å²) in [4.78, 5) is 19.8. The highest BCUT2D eigenvalue weighted by molar-refractivity contribution is 7.14. The second-order valence-electron chi connectivity index (χ2n) is 7.67. The van der Waals surface area contributed by atoms with Gasteiger partial charge in [0.2, 0.25) is 0 Å². The van der Waals surface area contributed by atoms with E-state index in [1.54, 1.807) is 11.3 Å². The average Bonchev–Trinajstić information content (AvgIpc) is 3.06. The van der Waals surface area contributed by atoms with Crippen LogP contribution < -0.4 is 10.2 Å². The number of hydrogen-bond donors (Lipinski definition) is 1. The molecule has 26 heavy (non-hydrogen) atoms. The lowest BCUT2D eigenvalue weighted by Gasteiger charge is -2.35. The summed E-state index contributed by atoms with van der Waals surface area (Å²) in [6.45, 7) is 6.39. The van der Waals surface area contributed by atoms with Crippen molar-refractivity contribution >= 4 is 28.6 Å². The summed E-state index contributed by atoms with van der Waals surface area (Å²) in [7, 11) is 2.16. The van der Waals surface area contributed by atoms with Crippen molar-refractivity contribution in [3.8, 4) is 0 Å². The number of likely N-dealkylation sites (N-methyl/N-ethyl adjacent to an activating group) is 1. The molecular weight excluding hydrogens is 342 g/mol. The number of rotatable bonds is 3. The molecule has 5 heteroatoms. The summed E-state index contributed by atoms with van der Waals surface area (Å²) in [5.41, 5.74) is 3.43. The molecule has 2 aliphatic rings. The van der Waals surface area contributed by atoms with Crippen LogP contribution in [0.4, 0.5) is 11.4 Å². The van der Waals surface area contributed by atoms with Gasteiger partial charge in [-0.15, -0.1) is 11.3 Å². The molecule has 138 valence electrons. The molecular formula is C21H27N3OS. The zero-order chi connectivity index (χ0) is 18.1. The third-order valence-corrected chi connectivity index (χ3v) is 6.79. The first-order chi connectivity index (χ1) is 12.6. The van der Waals surface area contributed by atoms with Gasteiger partial charge in [-0.3, -0.25) is 4.79 Å². The van der Waals surface area contributed by atoms with Crippen LogP contribution >= 0.6 is 11.3 Å². The zero-order valence-electron chi connectivity index (χ0n) is 15.6. The smallest absolute Gasteiger partial charge is 0.265 e. The molecule has 1 aliphatic heterocycles. The second kappa shape index (κ2) is 7.41. The Morgan fingerprint density at radius 2 is 1.96 bits per heavy atom. The number of carbonyl (C=O) groups is 1.